The highest BCUT2D eigenvalue weighted by molar-refractivity contribution is 7.17. The topological polar surface area (TPSA) is 86.3 Å². The Hall–Kier alpha value is -2.93. The summed E-state index contributed by atoms with van der Waals surface area (Å²) in [6.45, 7) is 31.2. The molecule has 40 heavy (non-hydrogen) atoms. The number of likely N-dealkylation sites (tertiary alicyclic amines) is 1. The number of carbonyl (C=O) groups is 1. The molecule has 1 unspecified atom stereocenters. The summed E-state index contributed by atoms with van der Waals surface area (Å²) in [6.07, 6.45) is 3.43. The van der Waals surface area contributed by atoms with Gasteiger partial charge in [-0.15, -0.1) is 11.3 Å². The maximum atomic E-state index is 11.8. The number of aromatic amines is 1. The van der Waals surface area contributed by atoms with Crippen LogP contribution in [0.25, 0.3) is 21.6 Å². The third-order valence-corrected chi connectivity index (χ3v) is 5.33. The Bertz CT molecular complexity index is 1070. The summed E-state index contributed by atoms with van der Waals surface area (Å²) in [7, 11) is 0. The molecule has 2 N–H and O–H groups in total. The van der Waals surface area contributed by atoms with Crippen LogP contribution in [0, 0.1) is 5.41 Å². The number of nitrogens with zero attached hydrogens (tertiary/aromatic N) is 2. The number of carboxylic acid groups (broad SMARTS) is 1. The Morgan fingerprint density at radius 3 is 2.02 bits per heavy atom. The van der Waals surface area contributed by atoms with Crippen LogP contribution in [0.1, 0.15) is 103 Å². The largest absolute Gasteiger partial charge is 0.480 e. The number of hydrogen-bond acceptors (Lipinski definition) is 5. The second kappa shape index (κ2) is 23.9. The zero-order valence-corrected chi connectivity index (χ0v) is 28.3. The van der Waals surface area contributed by atoms with Gasteiger partial charge in [0.05, 0.1) is 21.6 Å². The molecule has 4 rings (SSSR count). The van der Waals surface area contributed by atoms with E-state index in [0.717, 1.165) is 46.7 Å². The van der Waals surface area contributed by atoms with E-state index in [0.29, 0.717) is 5.41 Å². The molecule has 0 spiro atoms. The molecule has 1 aliphatic rings. The molecule has 6 nitrogen and oxygen atoms in total. The van der Waals surface area contributed by atoms with Crippen molar-refractivity contribution < 1.29 is 9.90 Å². The lowest BCUT2D eigenvalue weighted by Crippen LogP contribution is -2.34. The molecule has 3 aromatic rings. The van der Waals surface area contributed by atoms with Crippen molar-refractivity contribution in [1.29, 1.82) is 0 Å². The second-order valence-corrected chi connectivity index (χ2v) is 10.3. The van der Waals surface area contributed by atoms with Crippen LogP contribution in [0.5, 0.6) is 0 Å². The summed E-state index contributed by atoms with van der Waals surface area (Å²) in [5, 5.41) is 10.7. The van der Waals surface area contributed by atoms with Crippen molar-refractivity contribution in [3.63, 3.8) is 0 Å². The quantitative estimate of drug-likeness (QED) is 0.324. The Balaban J connectivity index is -0.000000499. The van der Waals surface area contributed by atoms with E-state index in [1.165, 1.54) is 11.3 Å². The minimum Gasteiger partial charge on any atom is -0.480 e. The fourth-order valence-electron chi connectivity index (χ4n) is 3.12. The van der Waals surface area contributed by atoms with Crippen molar-refractivity contribution in [3.05, 3.63) is 64.4 Å². The highest BCUT2D eigenvalue weighted by Crippen LogP contribution is 2.21. The predicted molar refractivity (Wildman–Crippen MR) is 178 cm³/mol. The van der Waals surface area contributed by atoms with Crippen molar-refractivity contribution in [2.75, 3.05) is 6.54 Å². The van der Waals surface area contributed by atoms with Gasteiger partial charge in [0.1, 0.15) is 6.04 Å². The molecule has 1 aliphatic heterocycles. The third-order valence-electron chi connectivity index (χ3n) is 4.40. The normalized spacial score (nSPS) is 12.9. The van der Waals surface area contributed by atoms with Gasteiger partial charge in [0, 0.05) is 24.5 Å². The van der Waals surface area contributed by atoms with Crippen molar-refractivity contribution in [1.82, 2.24) is 14.9 Å². The van der Waals surface area contributed by atoms with Crippen molar-refractivity contribution >= 4 is 27.5 Å². The van der Waals surface area contributed by atoms with E-state index in [-0.39, 0.29) is 11.5 Å². The average molecular weight is 576 g/mol. The maximum absolute atomic E-state index is 11.8. The van der Waals surface area contributed by atoms with Gasteiger partial charge >= 0.3 is 5.97 Å². The van der Waals surface area contributed by atoms with Crippen LogP contribution in [0.4, 0.5) is 0 Å². The van der Waals surface area contributed by atoms with Crippen molar-refractivity contribution in [3.8, 4) is 11.4 Å². The minimum absolute atomic E-state index is 0.0457. The monoisotopic (exact) mass is 575 g/mol. The zero-order valence-electron chi connectivity index (χ0n) is 27.5. The number of allylic oxidation sites excluding steroid dienone is 1. The Kier molecular flexibility index (Phi) is 24.8. The summed E-state index contributed by atoms with van der Waals surface area (Å²) in [5.74, 6) is -0.731. The SMILES string of the molecule is C=C(C)N1CCCC1C(=O)O.CC.CC.CC.CC.CC(C)(C)C.O=c1cc(-c2ccccn2)[nH]c2ccsc12. The number of carboxylic acids is 1. The first kappa shape index (κ1) is 41.5. The Morgan fingerprint density at radius 1 is 1.05 bits per heavy atom. The van der Waals surface area contributed by atoms with Crippen LogP contribution in [-0.2, 0) is 4.79 Å². The molecule has 0 aromatic carbocycles. The van der Waals surface area contributed by atoms with Gasteiger partial charge in [-0.25, -0.2) is 4.79 Å². The molecular weight excluding hydrogens is 518 g/mol. The van der Waals surface area contributed by atoms with Gasteiger partial charge in [-0.3, -0.25) is 9.78 Å². The summed E-state index contributed by atoms with van der Waals surface area (Å²) >= 11 is 1.45. The van der Waals surface area contributed by atoms with Crippen LogP contribution >= 0.6 is 11.3 Å². The van der Waals surface area contributed by atoms with Gasteiger partial charge < -0.3 is 15.0 Å². The lowest BCUT2D eigenvalue weighted by atomic mass is 10.0. The van der Waals surface area contributed by atoms with E-state index in [9.17, 15) is 9.59 Å². The van der Waals surface area contributed by atoms with Gasteiger partial charge in [0.15, 0.2) is 5.43 Å². The van der Waals surface area contributed by atoms with Gasteiger partial charge in [-0.2, -0.15) is 0 Å². The zero-order chi connectivity index (χ0) is 31.9. The summed E-state index contributed by atoms with van der Waals surface area (Å²) in [4.78, 5) is 31.7. The number of hydrogen-bond donors (Lipinski definition) is 2. The number of aromatic nitrogens is 2. The van der Waals surface area contributed by atoms with Crippen LogP contribution in [0.15, 0.2) is 59.0 Å². The number of H-pyrrole nitrogens is 1. The first-order valence-electron chi connectivity index (χ1n) is 14.6. The van der Waals surface area contributed by atoms with E-state index >= 15 is 0 Å². The fourth-order valence-corrected chi connectivity index (χ4v) is 3.88. The molecule has 3 aromatic heterocycles. The highest BCUT2D eigenvalue weighted by atomic mass is 32.1. The molecule has 0 amide bonds. The molecule has 1 fully saturated rings. The smallest absolute Gasteiger partial charge is 0.326 e. The molecule has 1 saturated heterocycles. The van der Waals surface area contributed by atoms with Crippen LogP contribution in [-0.4, -0.2) is 38.5 Å². The minimum atomic E-state index is -0.731. The number of nitrogens with one attached hydrogen (secondary N) is 1. The molecule has 0 saturated carbocycles. The lowest BCUT2D eigenvalue weighted by molar-refractivity contribution is -0.141. The average Bonchev–Trinajstić information content (AvgIpc) is 3.64. The summed E-state index contributed by atoms with van der Waals surface area (Å²) < 4.78 is 0.764. The first-order chi connectivity index (χ1) is 19.0. The number of fused-ring (bicyclic) bond motifs is 1. The van der Waals surface area contributed by atoms with Gasteiger partial charge in [0.2, 0.25) is 0 Å². The van der Waals surface area contributed by atoms with Gasteiger partial charge in [-0.05, 0) is 48.8 Å². The van der Waals surface area contributed by atoms with E-state index in [1.807, 2.05) is 96.9 Å². The Labute approximate surface area is 248 Å². The van der Waals surface area contributed by atoms with Gasteiger partial charge in [-0.1, -0.05) is 95.7 Å². The molecule has 0 radical (unpaired) electrons. The third kappa shape index (κ3) is 16.9. The molecule has 7 heteroatoms. The molecular formula is C33H57N3O3S. The van der Waals surface area contributed by atoms with Gasteiger partial charge in [0.25, 0.3) is 0 Å². The van der Waals surface area contributed by atoms with Crippen LogP contribution < -0.4 is 5.43 Å². The van der Waals surface area contributed by atoms with Crippen molar-refractivity contribution in [2.45, 2.75) is 109 Å². The number of aliphatic carboxylic acids is 1. The lowest BCUT2D eigenvalue weighted by Gasteiger charge is -2.22. The summed E-state index contributed by atoms with van der Waals surface area (Å²) in [5.41, 5.74) is 3.82. The van der Waals surface area contributed by atoms with E-state index < -0.39 is 5.97 Å². The van der Waals surface area contributed by atoms with Crippen molar-refractivity contribution in [2.24, 2.45) is 5.41 Å². The molecule has 0 aliphatic carbocycles. The van der Waals surface area contributed by atoms with E-state index in [4.69, 9.17) is 5.11 Å². The predicted octanol–water partition coefficient (Wildman–Crippen LogP) is 9.88. The Morgan fingerprint density at radius 2 is 1.60 bits per heavy atom. The van der Waals surface area contributed by atoms with E-state index in [2.05, 4.69) is 44.2 Å². The fraction of sp³-hybridized carbons (Fsp3) is 0.545. The maximum Gasteiger partial charge on any atom is 0.326 e. The first-order valence-corrected chi connectivity index (χ1v) is 15.5. The van der Waals surface area contributed by atoms with E-state index in [1.54, 1.807) is 12.3 Å². The number of pyridine rings is 2. The molecule has 228 valence electrons. The summed E-state index contributed by atoms with van der Waals surface area (Å²) in [6, 6.07) is 8.81. The van der Waals surface area contributed by atoms with Crippen LogP contribution in [0.3, 0.4) is 0 Å². The molecule has 0 bridgehead atoms. The number of thiophene rings is 1. The molecule has 4 heterocycles. The number of rotatable bonds is 3. The second-order valence-electron chi connectivity index (χ2n) is 9.35. The highest BCUT2D eigenvalue weighted by Gasteiger charge is 2.29. The van der Waals surface area contributed by atoms with Crippen LogP contribution in [0.2, 0.25) is 0 Å². The standard InChI is InChI=1S/C12H8N2OS.C8H13NO2.C5H12.4C2H6/c15-11-7-10(8-3-1-2-5-13-8)14-9-4-6-16-12(9)11;1-6(2)9-5-3-4-7(9)8(10)11;1-5(2,3)4;4*1-2/h1-7H,(H,14,15);7H,1,3-5H2,2H3,(H,10,11);1-4H3;4*1-2H3. The molecule has 1 atom stereocenters.